The van der Waals surface area contributed by atoms with Crippen LogP contribution in [0.1, 0.15) is 26.4 Å². The number of carboxylic acid groups (broad SMARTS) is 1. The number of aryl methyl sites for hydroxylation is 2. The summed E-state index contributed by atoms with van der Waals surface area (Å²) in [6.07, 6.45) is 1.13. The van der Waals surface area contributed by atoms with Crippen LogP contribution in [0.2, 0.25) is 0 Å². The Bertz CT molecular complexity index is 694. The van der Waals surface area contributed by atoms with E-state index in [9.17, 15) is 14.0 Å². The first-order valence-corrected chi connectivity index (χ1v) is 5.73. The van der Waals surface area contributed by atoms with Crippen LogP contribution in [0.3, 0.4) is 0 Å². The lowest BCUT2D eigenvalue weighted by Gasteiger charge is -2.07. The highest BCUT2D eigenvalue weighted by Gasteiger charge is 2.22. The van der Waals surface area contributed by atoms with Gasteiger partial charge in [-0.25, -0.2) is 9.18 Å². The minimum atomic E-state index is -1.28. The number of rotatable bonds is 3. The highest BCUT2D eigenvalue weighted by atomic mass is 19.1. The minimum absolute atomic E-state index is 0.00445. The number of hydrogen-bond donors (Lipinski definition) is 2. The highest BCUT2D eigenvalue weighted by molar-refractivity contribution is 6.10. The zero-order valence-corrected chi connectivity index (χ0v) is 10.8. The molecule has 0 atom stereocenters. The Morgan fingerprint density at radius 3 is 2.75 bits per heavy atom. The summed E-state index contributed by atoms with van der Waals surface area (Å²) in [6, 6.07) is 4.26. The van der Waals surface area contributed by atoms with E-state index in [4.69, 9.17) is 5.11 Å². The van der Waals surface area contributed by atoms with Crippen LogP contribution in [-0.4, -0.2) is 26.8 Å². The molecule has 0 aliphatic heterocycles. The third kappa shape index (κ3) is 2.51. The average Bonchev–Trinajstić information content (AvgIpc) is 2.76. The molecule has 2 N–H and O–H groups in total. The number of carbonyl (C=O) groups excluding carboxylic acids is 1. The summed E-state index contributed by atoms with van der Waals surface area (Å²) in [6.45, 7) is 1.75. The maximum atomic E-state index is 13.6. The molecule has 2 rings (SSSR count). The molecule has 0 spiro atoms. The number of benzene rings is 1. The van der Waals surface area contributed by atoms with E-state index in [1.807, 2.05) is 0 Å². The van der Waals surface area contributed by atoms with E-state index in [0.29, 0.717) is 0 Å². The van der Waals surface area contributed by atoms with Crippen LogP contribution in [0.5, 0.6) is 0 Å². The second kappa shape index (κ2) is 5.12. The van der Waals surface area contributed by atoms with Crippen molar-refractivity contribution < 1.29 is 19.1 Å². The zero-order valence-electron chi connectivity index (χ0n) is 10.8. The van der Waals surface area contributed by atoms with Crippen molar-refractivity contribution >= 4 is 17.6 Å². The second-order valence-corrected chi connectivity index (χ2v) is 4.27. The molecule has 2 aromatic rings. The highest BCUT2D eigenvalue weighted by Crippen LogP contribution is 2.17. The molecule has 0 unspecified atom stereocenters. The van der Waals surface area contributed by atoms with Gasteiger partial charge in [0.1, 0.15) is 5.82 Å². The van der Waals surface area contributed by atoms with E-state index >= 15 is 0 Å². The summed E-state index contributed by atoms with van der Waals surface area (Å²) in [7, 11) is 1.41. The topological polar surface area (TPSA) is 84.2 Å². The standard InChI is InChI=1S/C13H12FN3O3/c1-7-3-4-9(14)10(5-7)16-12(18)8-6-15-17(2)11(8)13(19)20/h3-6H,1-2H3,(H,16,18)(H,19,20). The summed E-state index contributed by atoms with van der Waals surface area (Å²) in [5.74, 6) is -2.59. The van der Waals surface area contributed by atoms with Gasteiger partial charge in [-0.15, -0.1) is 0 Å². The monoisotopic (exact) mass is 277 g/mol. The van der Waals surface area contributed by atoms with E-state index in [-0.39, 0.29) is 16.9 Å². The molecule has 0 saturated carbocycles. The van der Waals surface area contributed by atoms with Crippen LogP contribution in [0.25, 0.3) is 0 Å². The number of nitrogens with zero attached hydrogens (tertiary/aromatic N) is 2. The average molecular weight is 277 g/mol. The van der Waals surface area contributed by atoms with Crippen molar-refractivity contribution in [3.8, 4) is 0 Å². The second-order valence-electron chi connectivity index (χ2n) is 4.27. The Hall–Kier alpha value is -2.70. The van der Waals surface area contributed by atoms with Crippen molar-refractivity contribution in [2.24, 2.45) is 7.05 Å². The van der Waals surface area contributed by atoms with Gasteiger partial charge in [0, 0.05) is 7.05 Å². The molecule has 20 heavy (non-hydrogen) atoms. The third-order valence-corrected chi connectivity index (χ3v) is 2.76. The molecule has 104 valence electrons. The molecule has 6 nitrogen and oxygen atoms in total. The van der Waals surface area contributed by atoms with Crippen LogP contribution in [0.15, 0.2) is 24.4 Å². The number of carbonyl (C=O) groups is 2. The molecule has 0 aliphatic rings. The van der Waals surface area contributed by atoms with Crippen LogP contribution in [-0.2, 0) is 7.05 Å². The molecule has 0 aliphatic carbocycles. The SMILES string of the molecule is Cc1ccc(F)c(NC(=O)c2cnn(C)c2C(=O)O)c1. The van der Waals surface area contributed by atoms with Gasteiger partial charge in [-0.05, 0) is 24.6 Å². The van der Waals surface area contributed by atoms with Gasteiger partial charge in [0.2, 0.25) is 0 Å². The van der Waals surface area contributed by atoms with Gasteiger partial charge >= 0.3 is 5.97 Å². The molecule has 7 heteroatoms. The molecule has 0 bridgehead atoms. The maximum Gasteiger partial charge on any atom is 0.354 e. The molecular weight excluding hydrogens is 265 g/mol. The summed E-state index contributed by atoms with van der Waals surface area (Å²) in [5.41, 5.74) is 0.387. The van der Waals surface area contributed by atoms with Gasteiger partial charge < -0.3 is 10.4 Å². The van der Waals surface area contributed by atoms with Gasteiger partial charge in [0.05, 0.1) is 17.4 Å². The van der Waals surface area contributed by atoms with Gasteiger partial charge in [-0.2, -0.15) is 5.10 Å². The molecular formula is C13H12FN3O3. The normalized spacial score (nSPS) is 10.3. The maximum absolute atomic E-state index is 13.6. The molecule has 0 radical (unpaired) electrons. The fourth-order valence-electron chi connectivity index (χ4n) is 1.78. The Morgan fingerprint density at radius 1 is 1.40 bits per heavy atom. The number of halogens is 1. The molecule has 1 amide bonds. The van der Waals surface area contributed by atoms with Crippen molar-refractivity contribution in [1.82, 2.24) is 9.78 Å². The van der Waals surface area contributed by atoms with Gasteiger partial charge in [0.25, 0.3) is 5.91 Å². The summed E-state index contributed by atoms with van der Waals surface area (Å²) in [4.78, 5) is 23.1. The predicted octanol–water partition coefficient (Wildman–Crippen LogP) is 1.82. The largest absolute Gasteiger partial charge is 0.477 e. The van der Waals surface area contributed by atoms with E-state index in [1.54, 1.807) is 13.0 Å². The summed E-state index contributed by atoms with van der Waals surface area (Å²) >= 11 is 0. The number of carboxylic acids is 1. The fourth-order valence-corrected chi connectivity index (χ4v) is 1.78. The molecule has 1 aromatic carbocycles. The summed E-state index contributed by atoms with van der Waals surface area (Å²) in [5, 5.41) is 15.1. The number of aromatic carboxylic acids is 1. The Kier molecular flexibility index (Phi) is 3.51. The zero-order chi connectivity index (χ0) is 14.9. The lowest BCUT2D eigenvalue weighted by atomic mass is 10.2. The van der Waals surface area contributed by atoms with E-state index in [2.05, 4.69) is 10.4 Å². The molecule has 1 aromatic heterocycles. The van der Waals surface area contributed by atoms with Crippen molar-refractivity contribution in [1.29, 1.82) is 0 Å². The third-order valence-electron chi connectivity index (χ3n) is 2.76. The fraction of sp³-hybridized carbons (Fsp3) is 0.154. The van der Waals surface area contributed by atoms with Crippen LogP contribution < -0.4 is 5.32 Å². The smallest absolute Gasteiger partial charge is 0.354 e. The van der Waals surface area contributed by atoms with Crippen molar-refractivity contribution in [3.63, 3.8) is 0 Å². The molecule has 1 heterocycles. The van der Waals surface area contributed by atoms with E-state index in [0.717, 1.165) is 16.4 Å². The summed E-state index contributed by atoms with van der Waals surface area (Å²) < 4.78 is 14.6. The number of nitrogens with one attached hydrogen (secondary N) is 1. The first-order valence-electron chi connectivity index (χ1n) is 5.73. The van der Waals surface area contributed by atoms with Gasteiger partial charge in [-0.3, -0.25) is 9.48 Å². The Labute approximate surface area is 113 Å². The lowest BCUT2D eigenvalue weighted by Crippen LogP contribution is -2.17. The molecule has 0 fully saturated rings. The number of hydrogen-bond acceptors (Lipinski definition) is 3. The minimum Gasteiger partial charge on any atom is -0.477 e. The van der Waals surface area contributed by atoms with Crippen molar-refractivity contribution in [2.45, 2.75) is 6.92 Å². The van der Waals surface area contributed by atoms with Crippen LogP contribution >= 0.6 is 0 Å². The van der Waals surface area contributed by atoms with Crippen LogP contribution in [0, 0.1) is 12.7 Å². The number of amides is 1. The van der Waals surface area contributed by atoms with E-state index < -0.39 is 17.7 Å². The van der Waals surface area contributed by atoms with Gasteiger partial charge in [-0.1, -0.05) is 6.07 Å². The number of anilines is 1. The van der Waals surface area contributed by atoms with Crippen LogP contribution in [0.4, 0.5) is 10.1 Å². The van der Waals surface area contributed by atoms with E-state index in [1.165, 1.54) is 19.2 Å². The van der Waals surface area contributed by atoms with Gasteiger partial charge in [0.15, 0.2) is 5.69 Å². The Morgan fingerprint density at radius 2 is 2.10 bits per heavy atom. The van der Waals surface area contributed by atoms with Crippen molar-refractivity contribution in [2.75, 3.05) is 5.32 Å². The Balaban J connectivity index is 2.33. The quantitative estimate of drug-likeness (QED) is 0.896. The number of aromatic nitrogens is 2. The lowest BCUT2D eigenvalue weighted by molar-refractivity contribution is 0.0680. The first kappa shape index (κ1) is 13.7. The molecule has 0 saturated heterocycles. The predicted molar refractivity (Wildman–Crippen MR) is 69.3 cm³/mol. The first-order chi connectivity index (χ1) is 9.40. The van der Waals surface area contributed by atoms with Crippen molar-refractivity contribution in [3.05, 3.63) is 47.0 Å².